The van der Waals surface area contributed by atoms with Crippen molar-refractivity contribution in [3.05, 3.63) is 5.01 Å². The summed E-state index contributed by atoms with van der Waals surface area (Å²) in [6.07, 6.45) is 0.631. The van der Waals surface area contributed by atoms with Gasteiger partial charge in [-0.2, -0.15) is 13.2 Å². The van der Waals surface area contributed by atoms with Crippen molar-refractivity contribution in [2.45, 2.75) is 50.4 Å². The molecule has 6 nitrogen and oxygen atoms in total. The van der Waals surface area contributed by atoms with Gasteiger partial charge in [0.1, 0.15) is 0 Å². The molecule has 0 N–H and O–H groups in total. The average molecular weight is 389 g/mol. The molecule has 1 aromatic heterocycles. The molecule has 0 bridgehead atoms. The van der Waals surface area contributed by atoms with Gasteiger partial charge in [0.05, 0.1) is 6.04 Å². The van der Waals surface area contributed by atoms with E-state index in [0.29, 0.717) is 43.6 Å². The number of carbonyl (C=O) groups is 1. The minimum atomic E-state index is -4.46. The number of halogens is 3. The Morgan fingerprint density at radius 2 is 1.81 bits per heavy atom. The highest BCUT2D eigenvalue weighted by Crippen LogP contribution is 2.35. The van der Waals surface area contributed by atoms with Crippen molar-refractivity contribution >= 4 is 22.4 Å². The van der Waals surface area contributed by atoms with Gasteiger partial charge in [-0.25, -0.2) is 0 Å². The Labute approximate surface area is 154 Å². The Kier molecular flexibility index (Phi) is 4.81. The van der Waals surface area contributed by atoms with Crippen LogP contribution in [-0.4, -0.2) is 70.7 Å². The molecule has 3 fully saturated rings. The minimum absolute atomic E-state index is 0.00703. The molecule has 144 valence electrons. The normalized spacial score (nSPS) is 25.6. The lowest BCUT2D eigenvalue weighted by Gasteiger charge is -2.29. The lowest BCUT2D eigenvalue weighted by molar-refractivity contribution is -0.138. The SMILES string of the molecule is O=C(C1CCCN1C1CC1)N1CCCN(c2nnc(C(F)(F)F)s2)CC1. The number of likely N-dealkylation sites (tertiary alicyclic amines) is 1. The van der Waals surface area contributed by atoms with E-state index in [4.69, 9.17) is 0 Å². The van der Waals surface area contributed by atoms with E-state index in [1.807, 2.05) is 9.80 Å². The second-order valence-corrected chi connectivity index (χ2v) is 8.14. The molecule has 0 radical (unpaired) electrons. The summed E-state index contributed by atoms with van der Waals surface area (Å²) in [7, 11) is 0. The average Bonchev–Trinajstić information content (AvgIpc) is 3.19. The standard InChI is InChI=1S/C16H22F3N5OS/c17-16(18,19)14-20-21-15(26-14)23-7-2-6-22(9-10-23)13(25)12-3-1-8-24(12)11-4-5-11/h11-12H,1-10H2. The van der Waals surface area contributed by atoms with Crippen LogP contribution in [0.25, 0.3) is 0 Å². The monoisotopic (exact) mass is 389 g/mol. The summed E-state index contributed by atoms with van der Waals surface area (Å²) in [6, 6.07) is 0.574. The molecule has 1 unspecified atom stereocenters. The molecule has 1 saturated carbocycles. The van der Waals surface area contributed by atoms with Crippen molar-refractivity contribution < 1.29 is 18.0 Å². The van der Waals surface area contributed by atoms with Crippen molar-refractivity contribution in [2.75, 3.05) is 37.6 Å². The number of anilines is 1. The van der Waals surface area contributed by atoms with Crippen LogP contribution in [0.4, 0.5) is 18.3 Å². The summed E-state index contributed by atoms with van der Waals surface area (Å²) in [6.45, 7) is 3.26. The van der Waals surface area contributed by atoms with Crippen LogP contribution < -0.4 is 4.90 Å². The summed E-state index contributed by atoms with van der Waals surface area (Å²) in [5.41, 5.74) is 0. The van der Waals surface area contributed by atoms with Gasteiger partial charge in [-0.15, -0.1) is 10.2 Å². The number of hydrogen-bond acceptors (Lipinski definition) is 6. The lowest BCUT2D eigenvalue weighted by atomic mass is 10.2. The number of alkyl halides is 3. The van der Waals surface area contributed by atoms with Gasteiger partial charge >= 0.3 is 6.18 Å². The van der Waals surface area contributed by atoms with Crippen molar-refractivity contribution in [1.29, 1.82) is 0 Å². The van der Waals surface area contributed by atoms with Crippen LogP contribution in [0.2, 0.25) is 0 Å². The Hall–Kier alpha value is -1.42. The van der Waals surface area contributed by atoms with Gasteiger partial charge in [0, 0.05) is 32.2 Å². The second-order valence-electron chi connectivity index (χ2n) is 7.18. The Morgan fingerprint density at radius 3 is 2.50 bits per heavy atom. The van der Waals surface area contributed by atoms with E-state index in [0.717, 1.165) is 25.8 Å². The third kappa shape index (κ3) is 3.66. The molecule has 26 heavy (non-hydrogen) atoms. The van der Waals surface area contributed by atoms with Gasteiger partial charge in [-0.3, -0.25) is 9.69 Å². The highest BCUT2D eigenvalue weighted by Gasteiger charge is 2.42. The van der Waals surface area contributed by atoms with Gasteiger partial charge in [0.25, 0.3) is 0 Å². The highest BCUT2D eigenvalue weighted by molar-refractivity contribution is 7.15. The molecular weight excluding hydrogens is 367 g/mol. The molecule has 2 aliphatic heterocycles. The van der Waals surface area contributed by atoms with Crippen molar-refractivity contribution in [2.24, 2.45) is 0 Å². The second kappa shape index (κ2) is 6.95. The zero-order chi connectivity index (χ0) is 18.3. The molecular formula is C16H22F3N5OS. The molecule has 1 aliphatic carbocycles. The number of carbonyl (C=O) groups excluding carboxylic acids is 1. The van der Waals surface area contributed by atoms with Crippen molar-refractivity contribution in [1.82, 2.24) is 20.0 Å². The number of aromatic nitrogens is 2. The number of rotatable bonds is 3. The predicted octanol–water partition coefficient (Wildman–Crippen LogP) is 2.22. The van der Waals surface area contributed by atoms with Gasteiger partial charge < -0.3 is 9.80 Å². The smallest absolute Gasteiger partial charge is 0.345 e. The van der Waals surface area contributed by atoms with E-state index < -0.39 is 11.2 Å². The summed E-state index contributed by atoms with van der Waals surface area (Å²) < 4.78 is 38.2. The van der Waals surface area contributed by atoms with Crippen LogP contribution in [0.15, 0.2) is 0 Å². The van der Waals surface area contributed by atoms with Crippen molar-refractivity contribution in [3.63, 3.8) is 0 Å². The van der Waals surface area contributed by atoms with Crippen LogP contribution in [-0.2, 0) is 11.0 Å². The summed E-state index contributed by atoms with van der Waals surface area (Å²) in [4.78, 5) is 19.0. The largest absolute Gasteiger partial charge is 0.445 e. The number of hydrogen-bond donors (Lipinski definition) is 0. The maximum absolute atomic E-state index is 13.0. The van der Waals surface area contributed by atoms with Crippen LogP contribution in [0.3, 0.4) is 0 Å². The van der Waals surface area contributed by atoms with Crippen LogP contribution in [0.1, 0.15) is 37.1 Å². The van der Waals surface area contributed by atoms with Gasteiger partial charge in [0.15, 0.2) is 0 Å². The first-order valence-corrected chi connectivity index (χ1v) is 9.95. The first kappa shape index (κ1) is 18.0. The summed E-state index contributed by atoms with van der Waals surface area (Å²) >= 11 is 0.570. The fourth-order valence-corrected chi connectivity index (χ4v) is 4.66. The maximum Gasteiger partial charge on any atom is 0.445 e. The maximum atomic E-state index is 13.0. The van der Waals surface area contributed by atoms with E-state index >= 15 is 0 Å². The highest BCUT2D eigenvalue weighted by atomic mass is 32.1. The Morgan fingerprint density at radius 1 is 1.00 bits per heavy atom. The first-order chi connectivity index (χ1) is 12.4. The van der Waals surface area contributed by atoms with Crippen LogP contribution in [0, 0.1) is 0 Å². The number of amides is 1. The molecule has 1 aromatic rings. The number of nitrogens with zero attached hydrogens (tertiary/aromatic N) is 5. The Balaban J connectivity index is 1.38. The molecule has 4 rings (SSSR count). The van der Waals surface area contributed by atoms with E-state index in [1.165, 1.54) is 12.8 Å². The fourth-order valence-electron chi connectivity index (χ4n) is 3.90. The van der Waals surface area contributed by atoms with E-state index in [1.54, 1.807) is 0 Å². The van der Waals surface area contributed by atoms with E-state index in [9.17, 15) is 18.0 Å². The molecule has 0 spiro atoms. The van der Waals surface area contributed by atoms with Gasteiger partial charge in [-0.1, -0.05) is 11.3 Å². The Bertz CT molecular complexity index is 663. The lowest BCUT2D eigenvalue weighted by Crippen LogP contribution is -2.47. The van der Waals surface area contributed by atoms with Gasteiger partial charge in [0.2, 0.25) is 16.0 Å². The molecule has 1 atom stereocenters. The molecule has 1 amide bonds. The first-order valence-electron chi connectivity index (χ1n) is 9.13. The third-order valence-corrected chi connectivity index (χ3v) is 6.36. The predicted molar refractivity (Wildman–Crippen MR) is 91.1 cm³/mol. The van der Waals surface area contributed by atoms with Crippen molar-refractivity contribution in [3.8, 4) is 0 Å². The molecule has 3 heterocycles. The molecule has 3 aliphatic rings. The third-order valence-electron chi connectivity index (χ3n) is 5.33. The quantitative estimate of drug-likeness (QED) is 0.794. The molecule has 0 aromatic carbocycles. The van der Waals surface area contributed by atoms with Crippen LogP contribution >= 0.6 is 11.3 Å². The fraction of sp³-hybridized carbons (Fsp3) is 0.812. The topological polar surface area (TPSA) is 52.6 Å². The van der Waals surface area contributed by atoms with E-state index in [-0.39, 0.29) is 17.1 Å². The van der Waals surface area contributed by atoms with E-state index in [2.05, 4.69) is 15.1 Å². The van der Waals surface area contributed by atoms with Gasteiger partial charge in [-0.05, 0) is 38.6 Å². The van der Waals surface area contributed by atoms with Crippen LogP contribution in [0.5, 0.6) is 0 Å². The minimum Gasteiger partial charge on any atom is -0.345 e. The molecule has 2 saturated heterocycles. The zero-order valence-corrected chi connectivity index (χ0v) is 15.2. The zero-order valence-electron chi connectivity index (χ0n) is 14.4. The summed E-state index contributed by atoms with van der Waals surface area (Å²) in [5, 5.41) is 6.33. The summed E-state index contributed by atoms with van der Waals surface area (Å²) in [5.74, 6) is 0.185. The molecule has 10 heteroatoms.